The Labute approximate surface area is 122 Å². The van der Waals surface area contributed by atoms with Crippen LogP contribution in [0.4, 0.5) is 0 Å². The number of thiol groups is 1. The first kappa shape index (κ1) is 13.7. The second-order valence-corrected chi connectivity index (χ2v) is 5.37. The summed E-state index contributed by atoms with van der Waals surface area (Å²) in [7, 11) is -0.685. The standard InChI is InChI=1S/C13H13N5O2S/c1-18-8-16-13-12(18)11(14-7-15-13)10-4-2-9(3-5-10)6-17-21(19)20/h2-5,7-8,21H,6H2,1H3,(H,17,19,20). The molecule has 0 aliphatic rings. The molecule has 3 rings (SSSR count). The fourth-order valence-corrected chi connectivity index (χ4v) is 2.45. The average molecular weight is 303 g/mol. The fourth-order valence-electron chi connectivity index (χ4n) is 2.14. The molecular weight excluding hydrogens is 290 g/mol. The Balaban J connectivity index is 1.97. The molecule has 0 saturated carbocycles. The summed E-state index contributed by atoms with van der Waals surface area (Å²) in [5, 5.41) is 0. The van der Waals surface area contributed by atoms with Gasteiger partial charge in [0.2, 0.25) is 10.9 Å². The molecule has 8 heteroatoms. The van der Waals surface area contributed by atoms with Crippen LogP contribution in [0.1, 0.15) is 5.56 Å². The molecule has 1 aromatic carbocycles. The molecule has 0 fully saturated rings. The third kappa shape index (κ3) is 2.76. The van der Waals surface area contributed by atoms with Gasteiger partial charge in [0.25, 0.3) is 0 Å². The number of imidazole rings is 1. The van der Waals surface area contributed by atoms with E-state index < -0.39 is 10.9 Å². The lowest BCUT2D eigenvalue weighted by Gasteiger charge is -2.05. The number of nitrogens with one attached hydrogen (secondary N) is 1. The Morgan fingerprint density at radius 2 is 1.90 bits per heavy atom. The highest BCUT2D eigenvalue weighted by Gasteiger charge is 2.10. The zero-order chi connectivity index (χ0) is 14.8. The van der Waals surface area contributed by atoms with Gasteiger partial charge in [0.15, 0.2) is 5.65 Å². The zero-order valence-electron chi connectivity index (χ0n) is 11.2. The number of nitrogens with zero attached hydrogens (tertiary/aromatic N) is 4. The Morgan fingerprint density at radius 1 is 1.14 bits per heavy atom. The van der Waals surface area contributed by atoms with Crippen LogP contribution in [0, 0.1) is 0 Å². The molecule has 3 aromatic rings. The largest absolute Gasteiger partial charge is 0.331 e. The van der Waals surface area contributed by atoms with Crippen LogP contribution in [0.15, 0.2) is 36.9 Å². The van der Waals surface area contributed by atoms with Gasteiger partial charge in [-0.3, -0.25) is 0 Å². The monoisotopic (exact) mass is 303 g/mol. The van der Waals surface area contributed by atoms with Crippen LogP contribution in [0.5, 0.6) is 0 Å². The van der Waals surface area contributed by atoms with Gasteiger partial charge in [-0.2, -0.15) is 0 Å². The summed E-state index contributed by atoms with van der Waals surface area (Å²) in [6.45, 7) is 0.282. The highest BCUT2D eigenvalue weighted by molar-refractivity contribution is 7.70. The van der Waals surface area contributed by atoms with Gasteiger partial charge in [-0.25, -0.2) is 28.1 Å². The predicted octanol–water partition coefficient (Wildman–Crippen LogP) is 0.646. The molecule has 0 spiro atoms. The van der Waals surface area contributed by atoms with Crippen molar-refractivity contribution in [2.45, 2.75) is 6.54 Å². The molecule has 0 aliphatic carbocycles. The number of aromatic nitrogens is 4. The van der Waals surface area contributed by atoms with Crippen LogP contribution in [0.3, 0.4) is 0 Å². The number of aryl methyl sites for hydroxylation is 1. The molecule has 0 saturated heterocycles. The van der Waals surface area contributed by atoms with Crippen LogP contribution < -0.4 is 4.72 Å². The Hall–Kier alpha value is -2.32. The van der Waals surface area contributed by atoms with E-state index >= 15 is 0 Å². The molecule has 0 bridgehead atoms. The second-order valence-electron chi connectivity index (χ2n) is 4.54. The van der Waals surface area contributed by atoms with Crippen LogP contribution in [-0.2, 0) is 24.5 Å². The highest BCUT2D eigenvalue weighted by atomic mass is 32.2. The van der Waals surface area contributed by atoms with Crippen molar-refractivity contribution in [2.24, 2.45) is 7.05 Å². The fraction of sp³-hybridized carbons (Fsp3) is 0.154. The van der Waals surface area contributed by atoms with Crippen molar-refractivity contribution >= 4 is 22.1 Å². The second kappa shape index (κ2) is 5.58. The summed E-state index contributed by atoms with van der Waals surface area (Å²) >= 11 is 0. The molecule has 2 heterocycles. The molecule has 0 unspecified atom stereocenters. The van der Waals surface area contributed by atoms with E-state index in [9.17, 15) is 8.42 Å². The summed E-state index contributed by atoms with van der Waals surface area (Å²) in [4.78, 5) is 12.7. The van der Waals surface area contributed by atoms with Crippen LogP contribution in [0.25, 0.3) is 22.4 Å². The highest BCUT2D eigenvalue weighted by Crippen LogP contribution is 2.24. The van der Waals surface area contributed by atoms with Crippen molar-refractivity contribution in [3.8, 4) is 11.3 Å². The van der Waals surface area contributed by atoms with E-state index in [1.807, 2.05) is 35.9 Å². The van der Waals surface area contributed by atoms with Gasteiger partial charge in [0.1, 0.15) is 11.8 Å². The van der Waals surface area contributed by atoms with Gasteiger partial charge in [0.05, 0.1) is 12.0 Å². The smallest absolute Gasteiger partial charge is 0.201 e. The molecule has 0 radical (unpaired) electrons. The quantitative estimate of drug-likeness (QED) is 0.691. The minimum Gasteiger partial charge on any atom is -0.331 e. The lowest BCUT2D eigenvalue weighted by molar-refractivity contribution is 0.601. The third-order valence-corrected chi connectivity index (χ3v) is 3.56. The van der Waals surface area contributed by atoms with E-state index in [0.717, 1.165) is 22.3 Å². The van der Waals surface area contributed by atoms with E-state index in [1.54, 1.807) is 6.33 Å². The lowest BCUT2D eigenvalue weighted by Crippen LogP contribution is -2.09. The van der Waals surface area contributed by atoms with Gasteiger partial charge >= 0.3 is 0 Å². The molecule has 7 nitrogen and oxygen atoms in total. The Bertz CT molecular complexity index is 847. The number of hydrogen-bond donors (Lipinski definition) is 2. The number of rotatable bonds is 4. The average Bonchev–Trinajstić information content (AvgIpc) is 2.87. The zero-order valence-corrected chi connectivity index (χ0v) is 12.1. The Kier molecular flexibility index (Phi) is 3.63. The van der Waals surface area contributed by atoms with Gasteiger partial charge in [-0.1, -0.05) is 24.3 Å². The van der Waals surface area contributed by atoms with E-state index in [2.05, 4.69) is 19.7 Å². The van der Waals surface area contributed by atoms with Crippen molar-refractivity contribution in [3.63, 3.8) is 0 Å². The summed E-state index contributed by atoms with van der Waals surface area (Å²) in [5.74, 6) is 0. The molecule has 0 amide bonds. The SMILES string of the molecule is Cn1cnc2ncnc(-c3ccc(CN[SH](=O)=O)cc3)c21. The molecule has 21 heavy (non-hydrogen) atoms. The first-order valence-corrected chi connectivity index (χ1v) is 7.42. The first-order chi connectivity index (χ1) is 10.1. The normalized spacial score (nSPS) is 11.3. The van der Waals surface area contributed by atoms with E-state index in [1.165, 1.54) is 6.33 Å². The van der Waals surface area contributed by atoms with Gasteiger partial charge in [-0.15, -0.1) is 0 Å². The van der Waals surface area contributed by atoms with Crippen molar-refractivity contribution in [3.05, 3.63) is 42.5 Å². The Morgan fingerprint density at radius 3 is 2.62 bits per heavy atom. The molecule has 1 N–H and O–H groups in total. The topological polar surface area (TPSA) is 89.8 Å². The van der Waals surface area contributed by atoms with Crippen LogP contribution >= 0.6 is 0 Å². The molecule has 0 aliphatic heterocycles. The van der Waals surface area contributed by atoms with E-state index in [-0.39, 0.29) is 6.54 Å². The van der Waals surface area contributed by atoms with Gasteiger partial charge in [-0.05, 0) is 5.56 Å². The molecular formula is C13H13N5O2S. The predicted molar refractivity (Wildman–Crippen MR) is 78.9 cm³/mol. The maximum atomic E-state index is 10.5. The lowest BCUT2D eigenvalue weighted by atomic mass is 10.1. The summed E-state index contributed by atoms with van der Waals surface area (Å²) in [6, 6.07) is 7.55. The van der Waals surface area contributed by atoms with Crippen molar-refractivity contribution in [1.82, 2.24) is 24.2 Å². The molecule has 2 aromatic heterocycles. The van der Waals surface area contributed by atoms with Gasteiger partial charge in [0, 0.05) is 19.2 Å². The van der Waals surface area contributed by atoms with Crippen LogP contribution in [0.2, 0.25) is 0 Å². The van der Waals surface area contributed by atoms with Crippen molar-refractivity contribution < 1.29 is 8.42 Å². The number of benzene rings is 1. The first-order valence-electron chi connectivity index (χ1n) is 6.24. The summed E-state index contributed by atoms with van der Waals surface area (Å²) < 4.78 is 25.3. The minimum atomic E-state index is -2.58. The maximum absolute atomic E-state index is 10.5. The van der Waals surface area contributed by atoms with Crippen molar-refractivity contribution in [1.29, 1.82) is 0 Å². The van der Waals surface area contributed by atoms with E-state index in [4.69, 9.17) is 0 Å². The van der Waals surface area contributed by atoms with E-state index in [0.29, 0.717) is 5.65 Å². The number of hydrogen-bond acceptors (Lipinski definition) is 5. The van der Waals surface area contributed by atoms with Gasteiger partial charge < -0.3 is 4.57 Å². The van der Waals surface area contributed by atoms with Crippen molar-refractivity contribution in [2.75, 3.05) is 0 Å². The minimum absolute atomic E-state index is 0.282. The summed E-state index contributed by atoms with van der Waals surface area (Å²) in [6.07, 6.45) is 3.19. The molecule has 108 valence electrons. The third-order valence-electron chi connectivity index (χ3n) is 3.15. The summed E-state index contributed by atoms with van der Waals surface area (Å²) in [5.41, 5.74) is 4.13. The van der Waals surface area contributed by atoms with Crippen LogP contribution in [-0.4, -0.2) is 27.9 Å². The maximum Gasteiger partial charge on any atom is 0.201 e. The number of fused-ring (bicyclic) bond motifs is 1. The molecule has 0 atom stereocenters.